The lowest BCUT2D eigenvalue weighted by atomic mass is 10.3. The number of carbonyl (C=O) groups excluding carboxylic acids is 1. The van der Waals surface area contributed by atoms with Crippen LogP contribution in [0.3, 0.4) is 0 Å². The second-order valence-corrected chi connectivity index (χ2v) is 5.63. The van der Waals surface area contributed by atoms with Crippen molar-refractivity contribution in [2.24, 2.45) is 0 Å². The number of nitrogens with one attached hydrogen (secondary N) is 1. The molecular weight excluding hydrogens is 314 g/mol. The third-order valence-corrected chi connectivity index (χ3v) is 4.04. The van der Waals surface area contributed by atoms with Crippen LogP contribution >= 0.6 is 11.6 Å². The summed E-state index contributed by atoms with van der Waals surface area (Å²) < 4.78 is 1.63. The van der Waals surface area contributed by atoms with Gasteiger partial charge in [-0.05, 0) is 44.3 Å². The second-order valence-electron chi connectivity index (χ2n) is 5.19. The fourth-order valence-corrected chi connectivity index (χ4v) is 2.44. The van der Waals surface area contributed by atoms with Gasteiger partial charge in [0.25, 0.3) is 5.91 Å². The highest BCUT2D eigenvalue weighted by atomic mass is 35.5. The standard InChI is InChI=1S/C16H22ClN5O/c1-4-21(5-2)11-10-18-16(23)15-12(3)22(20-19-15)14-8-6-13(17)7-9-14/h6-9H,4-5,10-11H2,1-3H3,(H,18,23). The predicted molar refractivity (Wildman–Crippen MR) is 91.2 cm³/mol. The van der Waals surface area contributed by atoms with Gasteiger partial charge >= 0.3 is 0 Å². The highest BCUT2D eigenvalue weighted by molar-refractivity contribution is 6.30. The average molecular weight is 336 g/mol. The van der Waals surface area contributed by atoms with Gasteiger partial charge in [0.05, 0.1) is 11.4 Å². The molecule has 1 N–H and O–H groups in total. The van der Waals surface area contributed by atoms with Gasteiger partial charge in [-0.1, -0.05) is 30.7 Å². The maximum absolute atomic E-state index is 12.3. The smallest absolute Gasteiger partial charge is 0.273 e. The molecule has 1 heterocycles. The minimum Gasteiger partial charge on any atom is -0.349 e. The van der Waals surface area contributed by atoms with Gasteiger partial charge in [-0.25, -0.2) is 4.68 Å². The molecule has 0 spiro atoms. The highest BCUT2D eigenvalue weighted by Gasteiger charge is 2.17. The number of carbonyl (C=O) groups is 1. The molecular formula is C16H22ClN5O. The van der Waals surface area contributed by atoms with E-state index in [1.165, 1.54) is 0 Å². The van der Waals surface area contributed by atoms with Crippen LogP contribution in [0.1, 0.15) is 30.0 Å². The summed E-state index contributed by atoms with van der Waals surface area (Å²) in [5, 5.41) is 11.6. The molecule has 0 fully saturated rings. The zero-order valence-corrected chi connectivity index (χ0v) is 14.5. The molecule has 0 bridgehead atoms. The molecule has 2 aromatic rings. The fourth-order valence-electron chi connectivity index (χ4n) is 2.32. The maximum Gasteiger partial charge on any atom is 0.273 e. The van der Waals surface area contributed by atoms with Crippen molar-refractivity contribution in [1.82, 2.24) is 25.2 Å². The van der Waals surface area contributed by atoms with Crippen LogP contribution in [0.15, 0.2) is 24.3 Å². The third kappa shape index (κ3) is 4.30. The molecule has 0 saturated carbocycles. The second kappa shape index (κ2) is 8.08. The number of aromatic nitrogens is 3. The van der Waals surface area contributed by atoms with E-state index in [-0.39, 0.29) is 5.91 Å². The third-order valence-electron chi connectivity index (χ3n) is 3.79. The maximum atomic E-state index is 12.3. The predicted octanol–water partition coefficient (Wildman–Crippen LogP) is 2.30. The Bertz CT molecular complexity index is 649. The molecule has 1 aromatic carbocycles. The number of hydrogen-bond acceptors (Lipinski definition) is 4. The van der Waals surface area contributed by atoms with Crippen LogP contribution in [0.5, 0.6) is 0 Å². The van der Waals surface area contributed by atoms with E-state index in [0.717, 1.165) is 25.3 Å². The van der Waals surface area contributed by atoms with E-state index in [1.807, 2.05) is 19.1 Å². The molecule has 2 rings (SSSR count). The van der Waals surface area contributed by atoms with Crippen molar-refractivity contribution in [3.8, 4) is 5.69 Å². The monoisotopic (exact) mass is 335 g/mol. The molecule has 124 valence electrons. The number of likely N-dealkylation sites (N-methyl/N-ethyl adjacent to an activating group) is 1. The summed E-state index contributed by atoms with van der Waals surface area (Å²) in [6.07, 6.45) is 0. The Hall–Kier alpha value is -1.92. The summed E-state index contributed by atoms with van der Waals surface area (Å²) in [6, 6.07) is 7.24. The van der Waals surface area contributed by atoms with Crippen molar-refractivity contribution >= 4 is 17.5 Å². The number of nitrogens with zero attached hydrogens (tertiary/aromatic N) is 4. The van der Waals surface area contributed by atoms with Crippen LogP contribution in [0, 0.1) is 6.92 Å². The van der Waals surface area contributed by atoms with E-state index in [1.54, 1.807) is 16.8 Å². The van der Waals surface area contributed by atoms with Gasteiger partial charge in [-0.2, -0.15) is 0 Å². The SMILES string of the molecule is CCN(CC)CCNC(=O)c1nnn(-c2ccc(Cl)cc2)c1C. The quantitative estimate of drug-likeness (QED) is 0.843. The van der Waals surface area contributed by atoms with Crippen molar-refractivity contribution in [2.45, 2.75) is 20.8 Å². The van der Waals surface area contributed by atoms with Gasteiger partial charge < -0.3 is 10.2 Å². The van der Waals surface area contributed by atoms with Crippen LogP contribution in [0.4, 0.5) is 0 Å². The Morgan fingerprint density at radius 3 is 2.52 bits per heavy atom. The summed E-state index contributed by atoms with van der Waals surface area (Å²) >= 11 is 5.89. The Kier molecular flexibility index (Phi) is 6.12. The minimum absolute atomic E-state index is 0.199. The number of halogens is 1. The van der Waals surface area contributed by atoms with Gasteiger partial charge in [-0.15, -0.1) is 5.10 Å². The summed E-state index contributed by atoms with van der Waals surface area (Å²) in [7, 11) is 0. The molecule has 1 aromatic heterocycles. The molecule has 6 nitrogen and oxygen atoms in total. The average Bonchev–Trinajstić information content (AvgIpc) is 2.94. The van der Waals surface area contributed by atoms with Gasteiger partial charge in [0.15, 0.2) is 5.69 Å². The van der Waals surface area contributed by atoms with Crippen LogP contribution in [0.2, 0.25) is 5.02 Å². The molecule has 0 unspecified atom stereocenters. The van der Waals surface area contributed by atoms with Crippen molar-refractivity contribution in [1.29, 1.82) is 0 Å². The van der Waals surface area contributed by atoms with Gasteiger partial charge in [0.1, 0.15) is 0 Å². The summed E-state index contributed by atoms with van der Waals surface area (Å²) in [5.41, 5.74) is 1.87. The molecule has 0 aliphatic carbocycles. The summed E-state index contributed by atoms with van der Waals surface area (Å²) in [6.45, 7) is 9.39. The highest BCUT2D eigenvalue weighted by Crippen LogP contribution is 2.15. The zero-order valence-electron chi connectivity index (χ0n) is 13.7. The summed E-state index contributed by atoms with van der Waals surface area (Å²) in [5.74, 6) is -0.199. The molecule has 23 heavy (non-hydrogen) atoms. The molecule has 0 saturated heterocycles. The number of hydrogen-bond donors (Lipinski definition) is 1. The molecule has 0 aliphatic heterocycles. The lowest BCUT2D eigenvalue weighted by molar-refractivity contribution is 0.0943. The van der Waals surface area contributed by atoms with Gasteiger partial charge in [0.2, 0.25) is 0 Å². The van der Waals surface area contributed by atoms with E-state index < -0.39 is 0 Å². The first-order chi connectivity index (χ1) is 11.1. The first-order valence-electron chi connectivity index (χ1n) is 7.75. The largest absolute Gasteiger partial charge is 0.349 e. The van der Waals surface area contributed by atoms with Crippen molar-refractivity contribution in [2.75, 3.05) is 26.2 Å². The van der Waals surface area contributed by atoms with Crippen LogP contribution < -0.4 is 5.32 Å². The lowest BCUT2D eigenvalue weighted by Crippen LogP contribution is -2.35. The van der Waals surface area contributed by atoms with Crippen molar-refractivity contribution in [3.63, 3.8) is 0 Å². The fraction of sp³-hybridized carbons (Fsp3) is 0.438. The van der Waals surface area contributed by atoms with E-state index in [0.29, 0.717) is 23.0 Å². The zero-order chi connectivity index (χ0) is 16.8. The topological polar surface area (TPSA) is 63.1 Å². The minimum atomic E-state index is -0.199. The molecule has 0 atom stereocenters. The molecule has 7 heteroatoms. The number of benzene rings is 1. The molecule has 1 amide bonds. The van der Waals surface area contributed by atoms with Gasteiger partial charge in [0, 0.05) is 18.1 Å². The number of amides is 1. The summed E-state index contributed by atoms with van der Waals surface area (Å²) in [4.78, 5) is 14.5. The van der Waals surface area contributed by atoms with Crippen LogP contribution in [0.25, 0.3) is 5.69 Å². The van der Waals surface area contributed by atoms with E-state index in [4.69, 9.17) is 11.6 Å². The molecule has 0 aliphatic rings. The van der Waals surface area contributed by atoms with Crippen LogP contribution in [-0.4, -0.2) is 52.0 Å². The Morgan fingerprint density at radius 1 is 1.26 bits per heavy atom. The van der Waals surface area contributed by atoms with Crippen molar-refractivity contribution in [3.05, 3.63) is 40.7 Å². The van der Waals surface area contributed by atoms with Crippen LogP contribution in [-0.2, 0) is 0 Å². The van der Waals surface area contributed by atoms with Crippen molar-refractivity contribution < 1.29 is 4.79 Å². The first-order valence-corrected chi connectivity index (χ1v) is 8.13. The normalized spacial score (nSPS) is 11.0. The van der Waals surface area contributed by atoms with E-state index in [2.05, 4.69) is 34.4 Å². The van der Waals surface area contributed by atoms with Gasteiger partial charge in [-0.3, -0.25) is 4.79 Å². The Morgan fingerprint density at radius 2 is 1.91 bits per heavy atom. The first kappa shape index (κ1) is 17.4. The number of rotatable bonds is 7. The Labute approximate surface area is 141 Å². The Balaban J connectivity index is 2.03. The van der Waals surface area contributed by atoms with E-state index in [9.17, 15) is 4.79 Å². The van der Waals surface area contributed by atoms with E-state index >= 15 is 0 Å². The lowest BCUT2D eigenvalue weighted by Gasteiger charge is -2.17. The molecule has 0 radical (unpaired) electrons.